The molecule has 0 bridgehead atoms. The van der Waals surface area contributed by atoms with Crippen molar-refractivity contribution >= 4 is 21.7 Å². The van der Waals surface area contributed by atoms with Crippen LogP contribution in [0.4, 0.5) is 5.82 Å². The molecule has 1 atom stereocenters. The van der Waals surface area contributed by atoms with Gasteiger partial charge >= 0.3 is 0 Å². The van der Waals surface area contributed by atoms with Crippen LogP contribution < -0.4 is 5.73 Å². The van der Waals surface area contributed by atoms with E-state index in [4.69, 9.17) is 5.73 Å². The van der Waals surface area contributed by atoms with Crippen molar-refractivity contribution < 1.29 is 5.11 Å². The fraction of sp³-hybridized carbons (Fsp3) is 0.286. The van der Waals surface area contributed by atoms with Gasteiger partial charge in [0.05, 0.1) is 6.10 Å². The van der Waals surface area contributed by atoms with Crippen molar-refractivity contribution in [3.05, 3.63) is 22.3 Å². The van der Waals surface area contributed by atoms with Crippen LogP contribution in [0.1, 0.15) is 18.6 Å². The van der Waals surface area contributed by atoms with E-state index >= 15 is 0 Å². The highest BCUT2D eigenvalue weighted by atomic mass is 79.9. The lowest BCUT2D eigenvalue weighted by atomic mass is 10.2. The number of hydrogen-bond donors (Lipinski definition) is 2. The van der Waals surface area contributed by atoms with Crippen molar-refractivity contribution in [2.45, 2.75) is 13.0 Å². The average molecular weight is 217 g/mol. The first-order chi connectivity index (χ1) is 5.11. The fourth-order valence-electron chi connectivity index (χ4n) is 0.800. The Kier molecular flexibility index (Phi) is 2.46. The van der Waals surface area contributed by atoms with E-state index in [2.05, 4.69) is 20.9 Å². The van der Waals surface area contributed by atoms with Gasteiger partial charge in [0.25, 0.3) is 0 Å². The topological polar surface area (TPSA) is 59.1 Å². The SMILES string of the molecule is C[C@H](O)c1cc(Br)cnc1N. The molecule has 0 aliphatic rings. The summed E-state index contributed by atoms with van der Waals surface area (Å²) in [4.78, 5) is 3.87. The van der Waals surface area contributed by atoms with Crippen LogP contribution in [0.3, 0.4) is 0 Å². The minimum atomic E-state index is -0.569. The van der Waals surface area contributed by atoms with Gasteiger partial charge in [-0.15, -0.1) is 0 Å². The molecule has 0 aliphatic carbocycles. The summed E-state index contributed by atoms with van der Waals surface area (Å²) in [5.74, 6) is 0.378. The van der Waals surface area contributed by atoms with Crippen LogP contribution in [0.15, 0.2) is 16.7 Å². The van der Waals surface area contributed by atoms with Crippen molar-refractivity contribution in [2.24, 2.45) is 0 Å². The number of halogens is 1. The van der Waals surface area contributed by atoms with Gasteiger partial charge < -0.3 is 10.8 Å². The quantitative estimate of drug-likeness (QED) is 0.748. The molecule has 1 heterocycles. The van der Waals surface area contributed by atoms with Gasteiger partial charge in [-0.05, 0) is 28.9 Å². The Balaban J connectivity index is 3.13. The number of pyridine rings is 1. The minimum absolute atomic E-state index is 0.378. The largest absolute Gasteiger partial charge is 0.389 e. The van der Waals surface area contributed by atoms with Gasteiger partial charge in [0, 0.05) is 16.2 Å². The molecule has 0 aliphatic heterocycles. The average Bonchev–Trinajstić information content (AvgIpc) is 1.94. The number of rotatable bonds is 1. The molecule has 0 aromatic carbocycles. The third kappa shape index (κ3) is 1.91. The number of aromatic nitrogens is 1. The lowest BCUT2D eigenvalue weighted by Crippen LogP contribution is -2.00. The molecule has 0 unspecified atom stereocenters. The molecule has 11 heavy (non-hydrogen) atoms. The smallest absolute Gasteiger partial charge is 0.129 e. The highest BCUT2D eigenvalue weighted by Gasteiger charge is 2.06. The predicted molar refractivity (Wildman–Crippen MR) is 47.0 cm³/mol. The lowest BCUT2D eigenvalue weighted by Gasteiger charge is -2.06. The van der Waals surface area contributed by atoms with E-state index in [1.165, 1.54) is 0 Å². The zero-order valence-corrected chi connectivity index (χ0v) is 7.67. The van der Waals surface area contributed by atoms with E-state index in [0.717, 1.165) is 4.47 Å². The predicted octanol–water partition coefficient (Wildman–Crippen LogP) is 1.48. The van der Waals surface area contributed by atoms with Crippen molar-refractivity contribution in [3.8, 4) is 0 Å². The lowest BCUT2D eigenvalue weighted by molar-refractivity contribution is 0.199. The zero-order valence-electron chi connectivity index (χ0n) is 6.08. The number of aliphatic hydroxyl groups is 1. The third-order valence-corrected chi connectivity index (χ3v) is 1.80. The first-order valence-corrected chi connectivity index (χ1v) is 3.99. The molecule has 4 heteroatoms. The maximum atomic E-state index is 9.19. The van der Waals surface area contributed by atoms with Crippen molar-refractivity contribution in [3.63, 3.8) is 0 Å². The maximum absolute atomic E-state index is 9.19. The summed E-state index contributed by atoms with van der Waals surface area (Å²) in [5.41, 5.74) is 6.15. The summed E-state index contributed by atoms with van der Waals surface area (Å²) in [6, 6.07) is 1.76. The van der Waals surface area contributed by atoms with Crippen LogP contribution >= 0.6 is 15.9 Å². The standard InChI is InChI=1S/C7H9BrN2O/c1-4(11)6-2-5(8)3-10-7(6)9/h2-4,11H,1H3,(H2,9,10)/t4-/m0/s1. The molecular weight excluding hydrogens is 208 g/mol. The van der Waals surface area contributed by atoms with E-state index in [9.17, 15) is 5.11 Å². The number of nitrogens with two attached hydrogens (primary N) is 1. The van der Waals surface area contributed by atoms with Crippen LogP contribution in [0, 0.1) is 0 Å². The van der Waals surface area contributed by atoms with E-state index < -0.39 is 6.10 Å². The third-order valence-electron chi connectivity index (χ3n) is 1.37. The molecule has 0 amide bonds. The molecule has 1 aromatic heterocycles. The van der Waals surface area contributed by atoms with Crippen LogP contribution in [0.25, 0.3) is 0 Å². The Bertz CT molecular complexity index is 263. The molecule has 0 saturated heterocycles. The molecule has 0 spiro atoms. The van der Waals surface area contributed by atoms with Gasteiger partial charge in [0.2, 0.25) is 0 Å². The van der Waals surface area contributed by atoms with Gasteiger partial charge in [0.1, 0.15) is 5.82 Å². The fourth-order valence-corrected chi connectivity index (χ4v) is 1.15. The van der Waals surface area contributed by atoms with Crippen molar-refractivity contribution in [1.29, 1.82) is 0 Å². The number of anilines is 1. The normalized spacial score (nSPS) is 13.0. The molecule has 1 rings (SSSR count). The summed E-state index contributed by atoms with van der Waals surface area (Å²) in [6.07, 6.45) is 1.03. The second kappa shape index (κ2) is 3.19. The zero-order chi connectivity index (χ0) is 8.43. The highest BCUT2D eigenvalue weighted by Crippen LogP contribution is 2.21. The maximum Gasteiger partial charge on any atom is 0.129 e. The first-order valence-electron chi connectivity index (χ1n) is 3.20. The Morgan fingerprint density at radius 2 is 2.36 bits per heavy atom. The molecule has 0 radical (unpaired) electrons. The molecular formula is C7H9BrN2O. The second-order valence-corrected chi connectivity index (χ2v) is 3.22. The molecule has 1 aromatic rings. The van der Waals surface area contributed by atoms with E-state index in [1.807, 2.05) is 0 Å². The van der Waals surface area contributed by atoms with Gasteiger partial charge in [-0.1, -0.05) is 0 Å². The van der Waals surface area contributed by atoms with E-state index in [0.29, 0.717) is 11.4 Å². The summed E-state index contributed by atoms with van der Waals surface area (Å²) >= 11 is 3.24. The van der Waals surface area contributed by atoms with E-state index in [1.54, 1.807) is 19.2 Å². The first kappa shape index (κ1) is 8.49. The Morgan fingerprint density at radius 1 is 1.73 bits per heavy atom. The highest BCUT2D eigenvalue weighted by molar-refractivity contribution is 9.10. The van der Waals surface area contributed by atoms with E-state index in [-0.39, 0.29) is 0 Å². The Labute approximate surface area is 73.4 Å². The summed E-state index contributed by atoms with van der Waals surface area (Å²) in [7, 11) is 0. The summed E-state index contributed by atoms with van der Waals surface area (Å²) in [6.45, 7) is 1.65. The van der Waals surface area contributed by atoms with Crippen LogP contribution in [-0.4, -0.2) is 10.1 Å². The summed E-state index contributed by atoms with van der Waals surface area (Å²) in [5, 5.41) is 9.19. The van der Waals surface area contributed by atoms with Gasteiger partial charge in [-0.2, -0.15) is 0 Å². The van der Waals surface area contributed by atoms with Gasteiger partial charge in [0.15, 0.2) is 0 Å². The van der Waals surface area contributed by atoms with Crippen LogP contribution in [0.5, 0.6) is 0 Å². The van der Waals surface area contributed by atoms with Crippen molar-refractivity contribution in [1.82, 2.24) is 4.98 Å². The Morgan fingerprint density at radius 3 is 2.82 bits per heavy atom. The summed E-state index contributed by atoms with van der Waals surface area (Å²) < 4.78 is 0.822. The Hall–Kier alpha value is -0.610. The molecule has 0 saturated carbocycles. The molecule has 60 valence electrons. The van der Waals surface area contributed by atoms with Crippen LogP contribution in [-0.2, 0) is 0 Å². The van der Waals surface area contributed by atoms with Gasteiger partial charge in [-0.25, -0.2) is 4.98 Å². The number of aliphatic hydroxyl groups excluding tert-OH is 1. The number of nitrogens with zero attached hydrogens (tertiary/aromatic N) is 1. The monoisotopic (exact) mass is 216 g/mol. The molecule has 3 N–H and O–H groups in total. The molecule has 0 fully saturated rings. The van der Waals surface area contributed by atoms with Gasteiger partial charge in [-0.3, -0.25) is 0 Å². The number of hydrogen-bond acceptors (Lipinski definition) is 3. The number of nitrogen functional groups attached to an aromatic ring is 1. The van der Waals surface area contributed by atoms with Crippen LogP contribution in [0.2, 0.25) is 0 Å². The second-order valence-electron chi connectivity index (χ2n) is 2.30. The van der Waals surface area contributed by atoms with Crippen molar-refractivity contribution in [2.75, 3.05) is 5.73 Å². The minimum Gasteiger partial charge on any atom is -0.389 e. The molecule has 3 nitrogen and oxygen atoms in total.